The molecule has 2 aliphatic rings. The Morgan fingerprint density at radius 2 is 2.00 bits per heavy atom. The zero-order chi connectivity index (χ0) is 24.4. The molecule has 1 aromatic carbocycles. The second kappa shape index (κ2) is 10.6. The average molecular weight is 479 g/mol. The summed E-state index contributed by atoms with van der Waals surface area (Å²) in [6.07, 6.45) is 9.18. The number of nitrogens with one attached hydrogen (secondary N) is 1. The molecular weight excluding hydrogens is 440 g/mol. The van der Waals surface area contributed by atoms with Crippen molar-refractivity contribution in [1.29, 1.82) is 0 Å². The Balaban J connectivity index is 1.49. The Hall–Kier alpha value is -2.58. The van der Waals surface area contributed by atoms with Gasteiger partial charge >= 0.3 is 0 Å². The van der Waals surface area contributed by atoms with Crippen LogP contribution in [0.2, 0.25) is 0 Å². The highest BCUT2D eigenvalue weighted by molar-refractivity contribution is 5.83. The van der Waals surface area contributed by atoms with Crippen molar-refractivity contribution in [3.05, 3.63) is 51.1 Å². The standard InChI is InChI=1S/C27H38N6O2/c1-4-24(26-29-30-31-33(26)22-9-6-5-7-10-22)32(17-23-11-8-14-35-23)16-21-15-20-13-12-18(2)19(3)25(20)28-27(21)34/h12-13,15,22-24H,4-11,14,16-17H2,1-3H3,(H,28,34)/t23-,24-/m1/s1. The molecule has 0 radical (unpaired) electrons. The van der Waals surface area contributed by atoms with Gasteiger partial charge in [0.15, 0.2) is 5.82 Å². The van der Waals surface area contributed by atoms with Crippen molar-refractivity contribution in [1.82, 2.24) is 30.1 Å². The predicted octanol–water partition coefficient (Wildman–Crippen LogP) is 4.77. The maximum Gasteiger partial charge on any atom is 0.252 e. The van der Waals surface area contributed by atoms with Crippen LogP contribution < -0.4 is 5.56 Å². The number of nitrogens with zero attached hydrogens (tertiary/aromatic N) is 5. The van der Waals surface area contributed by atoms with Crippen molar-refractivity contribution in [2.45, 2.75) is 96.9 Å². The zero-order valence-electron chi connectivity index (χ0n) is 21.3. The number of hydrogen-bond donors (Lipinski definition) is 1. The monoisotopic (exact) mass is 478 g/mol. The number of tetrazole rings is 1. The predicted molar refractivity (Wildman–Crippen MR) is 136 cm³/mol. The lowest BCUT2D eigenvalue weighted by atomic mass is 9.95. The maximum atomic E-state index is 13.2. The van der Waals surface area contributed by atoms with Crippen LogP contribution >= 0.6 is 0 Å². The second-order valence-electron chi connectivity index (χ2n) is 10.4. The van der Waals surface area contributed by atoms with Crippen LogP contribution in [0, 0.1) is 13.8 Å². The third-order valence-electron chi connectivity index (χ3n) is 8.03. The minimum atomic E-state index is -0.0229. The van der Waals surface area contributed by atoms with E-state index in [0.29, 0.717) is 12.6 Å². The number of aryl methyl sites for hydroxylation is 2. The van der Waals surface area contributed by atoms with Crippen LogP contribution in [0.1, 0.15) is 92.9 Å². The molecule has 2 fully saturated rings. The first-order valence-electron chi connectivity index (χ1n) is 13.3. The summed E-state index contributed by atoms with van der Waals surface area (Å²) in [5, 5.41) is 14.1. The van der Waals surface area contributed by atoms with E-state index < -0.39 is 0 Å². The van der Waals surface area contributed by atoms with E-state index in [1.54, 1.807) is 0 Å². The van der Waals surface area contributed by atoms with E-state index in [0.717, 1.165) is 73.1 Å². The number of fused-ring (bicyclic) bond motifs is 1. The molecule has 3 aromatic rings. The maximum absolute atomic E-state index is 13.2. The smallest absolute Gasteiger partial charge is 0.252 e. The van der Waals surface area contributed by atoms with Crippen molar-refractivity contribution < 1.29 is 4.74 Å². The lowest BCUT2D eigenvalue weighted by Gasteiger charge is -2.33. The van der Waals surface area contributed by atoms with E-state index in [9.17, 15) is 4.79 Å². The summed E-state index contributed by atoms with van der Waals surface area (Å²) in [7, 11) is 0. The van der Waals surface area contributed by atoms with Gasteiger partial charge in [-0.2, -0.15) is 0 Å². The number of benzene rings is 1. The molecule has 5 rings (SSSR count). The highest BCUT2D eigenvalue weighted by Gasteiger charge is 2.31. The Morgan fingerprint density at radius 3 is 2.74 bits per heavy atom. The van der Waals surface area contributed by atoms with Gasteiger partial charge in [0.05, 0.1) is 23.7 Å². The Kier molecular flexibility index (Phi) is 7.29. The van der Waals surface area contributed by atoms with Crippen LogP contribution in [0.3, 0.4) is 0 Å². The van der Waals surface area contributed by atoms with E-state index in [2.05, 4.69) is 69.1 Å². The molecule has 0 unspecified atom stereocenters. The number of rotatable bonds is 8. The molecule has 0 amide bonds. The van der Waals surface area contributed by atoms with E-state index >= 15 is 0 Å². The number of aromatic nitrogens is 5. The Bertz CT molecular complexity index is 1210. The number of hydrogen-bond acceptors (Lipinski definition) is 6. The lowest BCUT2D eigenvalue weighted by Crippen LogP contribution is -2.38. The van der Waals surface area contributed by atoms with Crippen molar-refractivity contribution >= 4 is 10.9 Å². The average Bonchev–Trinajstić information content (AvgIpc) is 3.56. The van der Waals surface area contributed by atoms with Crippen LogP contribution in [-0.2, 0) is 11.3 Å². The third-order valence-corrected chi connectivity index (χ3v) is 8.03. The quantitative estimate of drug-likeness (QED) is 0.502. The van der Waals surface area contributed by atoms with Crippen LogP contribution in [0.4, 0.5) is 0 Å². The van der Waals surface area contributed by atoms with Crippen molar-refractivity contribution in [3.8, 4) is 0 Å². The van der Waals surface area contributed by atoms with Gasteiger partial charge < -0.3 is 9.72 Å². The van der Waals surface area contributed by atoms with Gasteiger partial charge in [-0.3, -0.25) is 9.69 Å². The van der Waals surface area contributed by atoms with Crippen molar-refractivity contribution in [2.24, 2.45) is 0 Å². The van der Waals surface area contributed by atoms with E-state index in [1.165, 1.54) is 24.8 Å². The molecule has 8 nitrogen and oxygen atoms in total. The minimum absolute atomic E-state index is 0.0194. The molecule has 2 aromatic heterocycles. The summed E-state index contributed by atoms with van der Waals surface area (Å²) in [6.45, 7) is 8.44. The van der Waals surface area contributed by atoms with Gasteiger partial charge in [0, 0.05) is 25.3 Å². The molecule has 1 saturated carbocycles. The Morgan fingerprint density at radius 1 is 1.17 bits per heavy atom. The van der Waals surface area contributed by atoms with Gasteiger partial charge in [-0.25, -0.2) is 4.68 Å². The largest absolute Gasteiger partial charge is 0.377 e. The molecule has 0 spiro atoms. The number of aromatic amines is 1. The van der Waals surface area contributed by atoms with Crippen LogP contribution in [0.5, 0.6) is 0 Å². The summed E-state index contributed by atoms with van der Waals surface area (Å²) in [5.41, 5.74) is 3.99. The summed E-state index contributed by atoms with van der Waals surface area (Å²) >= 11 is 0. The highest BCUT2D eigenvalue weighted by Crippen LogP contribution is 2.33. The van der Waals surface area contributed by atoms with Gasteiger partial charge in [0.1, 0.15) is 0 Å². The molecule has 3 heterocycles. The third kappa shape index (κ3) is 5.05. The normalized spacial score (nSPS) is 20.2. The molecule has 1 aliphatic heterocycles. The fraction of sp³-hybridized carbons (Fsp3) is 0.630. The number of pyridine rings is 1. The molecule has 8 heteroatoms. The molecule has 2 atom stereocenters. The van der Waals surface area contributed by atoms with Crippen LogP contribution in [0.25, 0.3) is 10.9 Å². The first-order valence-corrected chi connectivity index (χ1v) is 13.3. The van der Waals surface area contributed by atoms with Gasteiger partial charge in [0.2, 0.25) is 0 Å². The molecule has 1 N–H and O–H groups in total. The molecule has 1 saturated heterocycles. The van der Waals surface area contributed by atoms with Gasteiger partial charge in [-0.1, -0.05) is 38.3 Å². The summed E-state index contributed by atoms with van der Waals surface area (Å²) in [5.74, 6) is 0.918. The SMILES string of the molecule is CC[C@H](c1nnnn1C1CCCCC1)N(Cc1cc2ccc(C)c(C)c2[nH]c1=O)C[C@H]1CCCO1. The molecule has 188 valence electrons. The molecular formula is C27H38N6O2. The van der Waals surface area contributed by atoms with Crippen LogP contribution in [0.15, 0.2) is 23.0 Å². The van der Waals surface area contributed by atoms with Crippen molar-refractivity contribution in [2.75, 3.05) is 13.2 Å². The first kappa shape index (κ1) is 24.1. The van der Waals surface area contributed by atoms with E-state index in [4.69, 9.17) is 4.74 Å². The fourth-order valence-electron chi connectivity index (χ4n) is 5.87. The minimum Gasteiger partial charge on any atom is -0.377 e. The molecule has 35 heavy (non-hydrogen) atoms. The van der Waals surface area contributed by atoms with Gasteiger partial charge in [-0.15, -0.1) is 5.10 Å². The summed E-state index contributed by atoms with van der Waals surface area (Å²) in [6, 6.07) is 6.66. The first-order chi connectivity index (χ1) is 17.0. The number of ether oxygens (including phenoxy) is 1. The van der Waals surface area contributed by atoms with Gasteiger partial charge in [0.25, 0.3) is 5.56 Å². The summed E-state index contributed by atoms with van der Waals surface area (Å²) < 4.78 is 8.10. The van der Waals surface area contributed by atoms with Gasteiger partial charge in [-0.05, 0) is 79.0 Å². The Labute approximate surface area is 207 Å². The molecule has 0 bridgehead atoms. The van der Waals surface area contributed by atoms with Crippen LogP contribution in [-0.4, -0.2) is 49.3 Å². The summed E-state index contributed by atoms with van der Waals surface area (Å²) in [4.78, 5) is 18.8. The van der Waals surface area contributed by atoms with E-state index in [1.807, 2.05) is 0 Å². The van der Waals surface area contributed by atoms with E-state index in [-0.39, 0.29) is 17.7 Å². The second-order valence-corrected chi connectivity index (χ2v) is 10.4. The van der Waals surface area contributed by atoms with Crippen molar-refractivity contribution in [3.63, 3.8) is 0 Å². The lowest BCUT2D eigenvalue weighted by molar-refractivity contribution is 0.0481. The topological polar surface area (TPSA) is 88.9 Å². The number of H-pyrrole nitrogens is 1. The highest BCUT2D eigenvalue weighted by atomic mass is 16.5. The molecule has 1 aliphatic carbocycles. The fourth-order valence-corrected chi connectivity index (χ4v) is 5.87. The zero-order valence-corrected chi connectivity index (χ0v) is 21.3.